The molecule has 0 amide bonds. The molecule has 1 fully saturated rings. The number of rotatable bonds is 2. The van der Waals surface area contributed by atoms with Crippen molar-refractivity contribution in [3.05, 3.63) is 12.2 Å². The van der Waals surface area contributed by atoms with Crippen molar-refractivity contribution in [1.82, 2.24) is 14.8 Å². The Hall–Kier alpha value is -0.683. The van der Waals surface area contributed by atoms with Gasteiger partial charge in [-0.1, -0.05) is 20.8 Å². The van der Waals surface area contributed by atoms with E-state index in [1.54, 1.807) is 0 Å². The van der Waals surface area contributed by atoms with Gasteiger partial charge in [-0.15, -0.1) is 10.2 Å². The van der Waals surface area contributed by atoms with E-state index in [1.807, 2.05) is 6.33 Å². The molecular formula is C13H23N3OSi. The van der Waals surface area contributed by atoms with Crippen LogP contribution in [0.15, 0.2) is 6.33 Å². The lowest BCUT2D eigenvalue weighted by atomic mass is 10.1. The lowest BCUT2D eigenvalue weighted by molar-refractivity contribution is 0.245. The van der Waals surface area contributed by atoms with Crippen LogP contribution in [0.4, 0.5) is 0 Å². The fourth-order valence-electron chi connectivity index (χ4n) is 2.69. The van der Waals surface area contributed by atoms with Crippen LogP contribution in [-0.2, 0) is 16.4 Å². The van der Waals surface area contributed by atoms with E-state index in [-0.39, 0.29) is 10.5 Å². The van der Waals surface area contributed by atoms with Crippen LogP contribution >= 0.6 is 0 Å². The fourth-order valence-corrected chi connectivity index (χ4v) is 4.07. The molecule has 0 saturated heterocycles. The summed E-state index contributed by atoms with van der Waals surface area (Å²) < 4.78 is 8.72. The first kappa shape index (κ1) is 12.4. The maximum absolute atomic E-state index is 6.54. The third-order valence-electron chi connectivity index (χ3n) is 5.11. The zero-order chi connectivity index (χ0) is 13.2. The first-order valence-electron chi connectivity index (χ1n) is 6.82. The van der Waals surface area contributed by atoms with Gasteiger partial charge in [-0.25, -0.2) is 0 Å². The molecule has 2 unspecified atom stereocenters. The molecule has 0 N–H and O–H groups in total. The van der Waals surface area contributed by atoms with Gasteiger partial charge in [0.1, 0.15) is 12.2 Å². The number of nitrogens with zero attached hydrogens (tertiary/aromatic N) is 3. The third kappa shape index (κ3) is 1.60. The molecule has 3 rings (SSSR count). The summed E-state index contributed by atoms with van der Waals surface area (Å²) in [5, 5.41) is 8.61. The lowest BCUT2D eigenvalue weighted by Gasteiger charge is -2.36. The average molecular weight is 265 g/mol. The van der Waals surface area contributed by atoms with E-state index in [0.717, 1.165) is 18.8 Å². The van der Waals surface area contributed by atoms with Crippen molar-refractivity contribution >= 4 is 8.32 Å². The minimum Gasteiger partial charge on any atom is -0.413 e. The summed E-state index contributed by atoms with van der Waals surface area (Å²) in [4.78, 5) is 0. The average Bonchev–Trinajstić information content (AvgIpc) is 2.59. The summed E-state index contributed by atoms with van der Waals surface area (Å²) in [6.45, 7) is 12.6. The first-order valence-corrected chi connectivity index (χ1v) is 9.73. The molecule has 4 nitrogen and oxygen atoms in total. The molecule has 1 aromatic rings. The third-order valence-corrected chi connectivity index (χ3v) is 9.59. The normalized spacial score (nSPS) is 30.8. The van der Waals surface area contributed by atoms with Gasteiger partial charge in [0.05, 0.1) is 11.5 Å². The van der Waals surface area contributed by atoms with E-state index in [9.17, 15) is 0 Å². The summed E-state index contributed by atoms with van der Waals surface area (Å²) in [5.74, 6) is 1.16. The molecule has 2 aliphatic rings. The minimum atomic E-state index is -1.66. The van der Waals surface area contributed by atoms with Crippen molar-refractivity contribution in [3.8, 4) is 0 Å². The molecule has 100 valence electrons. The zero-order valence-electron chi connectivity index (χ0n) is 12.0. The highest BCUT2D eigenvalue weighted by Crippen LogP contribution is 2.57. The second-order valence-corrected chi connectivity index (χ2v) is 12.1. The number of hydrogen-bond donors (Lipinski definition) is 0. The van der Waals surface area contributed by atoms with Crippen LogP contribution in [0, 0.1) is 0 Å². The van der Waals surface area contributed by atoms with E-state index >= 15 is 0 Å². The number of hydrogen-bond acceptors (Lipinski definition) is 3. The summed E-state index contributed by atoms with van der Waals surface area (Å²) >= 11 is 0. The van der Waals surface area contributed by atoms with E-state index in [2.05, 4.69) is 48.6 Å². The maximum Gasteiger partial charge on any atom is 0.192 e. The van der Waals surface area contributed by atoms with Crippen molar-refractivity contribution in [1.29, 1.82) is 0 Å². The second kappa shape index (κ2) is 3.45. The monoisotopic (exact) mass is 265 g/mol. The van der Waals surface area contributed by atoms with Crippen molar-refractivity contribution in [2.24, 2.45) is 0 Å². The van der Waals surface area contributed by atoms with Crippen LogP contribution in [0.2, 0.25) is 18.1 Å². The Labute approximate surface area is 110 Å². The molecule has 1 aliphatic carbocycles. The Kier molecular flexibility index (Phi) is 2.37. The van der Waals surface area contributed by atoms with Gasteiger partial charge in [-0.05, 0) is 31.0 Å². The van der Waals surface area contributed by atoms with Gasteiger partial charge in [-0.3, -0.25) is 0 Å². The van der Waals surface area contributed by atoms with Crippen molar-refractivity contribution < 1.29 is 4.43 Å². The second-order valence-electron chi connectivity index (χ2n) is 7.33. The van der Waals surface area contributed by atoms with E-state index in [0.29, 0.717) is 6.10 Å². The molecule has 1 spiro atoms. The van der Waals surface area contributed by atoms with E-state index in [4.69, 9.17) is 4.43 Å². The minimum absolute atomic E-state index is 0.200. The molecule has 0 radical (unpaired) electrons. The number of fused-ring (bicyclic) bond motifs is 2. The molecule has 2 heterocycles. The Balaban J connectivity index is 1.77. The largest absolute Gasteiger partial charge is 0.413 e. The van der Waals surface area contributed by atoms with Gasteiger partial charge in [-0.2, -0.15) is 0 Å². The lowest BCUT2D eigenvalue weighted by Crippen LogP contribution is -2.42. The molecule has 2 atom stereocenters. The highest BCUT2D eigenvalue weighted by atomic mass is 28.4. The molecule has 0 aromatic carbocycles. The van der Waals surface area contributed by atoms with E-state index < -0.39 is 8.32 Å². The van der Waals surface area contributed by atoms with Crippen LogP contribution in [0.1, 0.15) is 39.4 Å². The van der Waals surface area contributed by atoms with Crippen molar-refractivity contribution in [2.75, 3.05) is 0 Å². The molecule has 1 aliphatic heterocycles. The topological polar surface area (TPSA) is 39.9 Å². The fraction of sp³-hybridized carbons (Fsp3) is 0.846. The van der Waals surface area contributed by atoms with Gasteiger partial charge in [0, 0.05) is 6.54 Å². The molecule has 5 heteroatoms. The van der Waals surface area contributed by atoms with Crippen LogP contribution in [0.3, 0.4) is 0 Å². The summed E-state index contributed by atoms with van der Waals surface area (Å²) in [6, 6.07) is 0. The first-order chi connectivity index (χ1) is 8.26. The van der Waals surface area contributed by atoms with Crippen LogP contribution < -0.4 is 0 Å². The molecule has 0 bridgehead atoms. The van der Waals surface area contributed by atoms with Gasteiger partial charge in [0.15, 0.2) is 8.32 Å². The molecule has 1 saturated carbocycles. The smallest absolute Gasteiger partial charge is 0.192 e. The Morgan fingerprint density at radius 3 is 2.83 bits per heavy atom. The van der Waals surface area contributed by atoms with Crippen LogP contribution in [-0.4, -0.2) is 29.2 Å². The van der Waals surface area contributed by atoms with Gasteiger partial charge >= 0.3 is 0 Å². The Bertz CT molecular complexity index is 477. The Morgan fingerprint density at radius 2 is 2.17 bits per heavy atom. The molecule has 18 heavy (non-hydrogen) atoms. The van der Waals surface area contributed by atoms with Crippen LogP contribution in [0.5, 0.6) is 0 Å². The molecule has 1 aromatic heterocycles. The highest BCUT2D eigenvalue weighted by molar-refractivity contribution is 6.74. The predicted octanol–water partition coefficient (Wildman–Crippen LogP) is 2.71. The maximum atomic E-state index is 6.54. The quantitative estimate of drug-likeness (QED) is 0.772. The van der Waals surface area contributed by atoms with Gasteiger partial charge in [0.2, 0.25) is 0 Å². The van der Waals surface area contributed by atoms with Crippen molar-refractivity contribution in [2.45, 2.75) is 69.8 Å². The van der Waals surface area contributed by atoms with Crippen LogP contribution in [0.25, 0.3) is 0 Å². The molecular weight excluding hydrogens is 242 g/mol. The summed E-state index contributed by atoms with van der Waals surface area (Å²) in [7, 11) is -1.66. The zero-order valence-corrected chi connectivity index (χ0v) is 13.0. The Morgan fingerprint density at radius 1 is 1.44 bits per heavy atom. The highest BCUT2D eigenvalue weighted by Gasteiger charge is 2.63. The number of aryl methyl sites for hydroxylation is 1. The summed E-state index contributed by atoms with van der Waals surface area (Å²) in [5.41, 5.74) is 0.200. The van der Waals surface area contributed by atoms with E-state index in [1.165, 1.54) is 6.42 Å². The predicted molar refractivity (Wildman–Crippen MR) is 73.0 cm³/mol. The van der Waals surface area contributed by atoms with Crippen molar-refractivity contribution in [3.63, 3.8) is 0 Å². The van der Waals surface area contributed by atoms with Gasteiger partial charge < -0.3 is 8.99 Å². The number of aromatic nitrogens is 3. The SMILES string of the molecule is CC(C)(C)[Si](C)(C)OC1CC12CCn1cnnc12. The summed E-state index contributed by atoms with van der Waals surface area (Å²) in [6.07, 6.45) is 4.55. The standard InChI is InChI=1S/C13H23N3OSi/c1-12(2,3)18(4,5)17-10-8-13(10)6-7-16-9-14-15-11(13)16/h9-10H,6-8H2,1-5H3. The van der Waals surface area contributed by atoms with Gasteiger partial charge in [0.25, 0.3) is 0 Å².